The fraction of sp³-hybridized carbons (Fsp3) is 0.600. The molecule has 1 aliphatic heterocycles. The first-order chi connectivity index (χ1) is 11.8. The maximum Gasteiger partial charge on any atom is 0.261 e. The van der Waals surface area contributed by atoms with Crippen LogP contribution in [0.5, 0.6) is 0 Å². The third kappa shape index (κ3) is 5.37. The van der Waals surface area contributed by atoms with Crippen LogP contribution in [0.1, 0.15) is 79.0 Å². The smallest absolute Gasteiger partial charge is 0.261 e. The van der Waals surface area contributed by atoms with Crippen LogP contribution < -0.4 is 0 Å². The zero-order valence-electron chi connectivity index (χ0n) is 14.8. The number of benzene rings is 1. The minimum atomic E-state index is -0.126. The molecule has 0 aromatic heterocycles. The molecule has 0 bridgehead atoms. The largest absolute Gasteiger partial charge is 0.274 e. The minimum Gasteiger partial charge on any atom is -0.274 e. The van der Waals surface area contributed by atoms with Crippen LogP contribution in [-0.2, 0) is 0 Å². The molecule has 132 valence electrons. The molecule has 0 saturated carbocycles. The van der Waals surface area contributed by atoms with Crippen molar-refractivity contribution in [3.05, 3.63) is 35.4 Å². The van der Waals surface area contributed by atoms with Gasteiger partial charge in [0.25, 0.3) is 11.8 Å². The van der Waals surface area contributed by atoms with E-state index in [0.717, 1.165) is 12.8 Å². The van der Waals surface area contributed by atoms with E-state index in [0.29, 0.717) is 17.7 Å². The van der Waals surface area contributed by atoms with Gasteiger partial charge in [-0.2, -0.15) is 11.8 Å². The zero-order chi connectivity index (χ0) is 17.2. The fourth-order valence-corrected chi connectivity index (χ4v) is 4.02. The number of carbonyl (C=O) groups excluding carboxylic acids is 2. The Bertz CT molecular complexity index is 509. The van der Waals surface area contributed by atoms with E-state index < -0.39 is 0 Å². The van der Waals surface area contributed by atoms with Gasteiger partial charge in [0.05, 0.1) is 11.1 Å². The maximum atomic E-state index is 12.2. The van der Waals surface area contributed by atoms with E-state index in [1.54, 1.807) is 12.1 Å². The topological polar surface area (TPSA) is 37.4 Å². The molecule has 0 radical (unpaired) electrons. The number of rotatable bonds is 12. The molecule has 1 heterocycles. The van der Waals surface area contributed by atoms with Gasteiger partial charge in [0.15, 0.2) is 0 Å². The molecular formula is C20H29NO2S. The molecule has 1 aromatic rings. The van der Waals surface area contributed by atoms with E-state index in [-0.39, 0.29) is 11.8 Å². The molecule has 0 atom stereocenters. The summed E-state index contributed by atoms with van der Waals surface area (Å²) in [5, 5.41) is 0. The van der Waals surface area contributed by atoms with Crippen molar-refractivity contribution in [2.75, 3.05) is 18.1 Å². The van der Waals surface area contributed by atoms with Gasteiger partial charge in [0.2, 0.25) is 0 Å². The molecule has 0 saturated heterocycles. The van der Waals surface area contributed by atoms with E-state index in [1.165, 1.54) is 54.9 Å². The van der Waals surface area contributed by atoms with Crippen LogP contribution in [0.4, 0.5) is 0 Å². The summed E-state index contributed by atoms with van der Waals surface area (Å²) in [6.45, 7) is 2.80. The molecule has 0 fully saturated rings. The van der Waals surface area contributed by atoms with E-state index in [2.05, 4.69) is 18.7 Å². The van der Waals surface area contributed by atoms with Crippen molar-refractivity contribution in [3.63, 3.8) is 0 Å². The van der Waals surface area contributed by atoms with Gasteiger partial charge < -0.3 is 0 Å². The van der Waals surface area contributed by atoms with Gasteiger partial charge in [-0.25, -0.2) is 0 Å². The van der Waals surface area contributed by atoms with Crippen LogP contribution in [0.25, 0.3) is 0 Å². The van der Waals surface area contributed by atoms with Crippen LogP contribution in [0.3, 0.4) is 0 Å². The highest BCUT2D eigenvalue weighted by atomic mass is 32.2. The van der Waals surface area contributed by atoms with Crippen molar-refractivity contribution in [2.24, 2.45) is 0 Å². The molecule has 1 aliphatic rings. The van der Waals surface area contributed by atoms with Crippen LogP contribution in [0, 0.1) is 0 Å². The monoisotopic (exact) mass is 347 g/mol. The van der Waals surface area contributed by atoms with Crippen molar-refractivity contribution in [1.82, 2.24) is 4.90 Å². The highest BCUT2D eigenvalue weighted by Crippen LogP contribution is 2.23. The average Bonchev–Trinajstić information content (AvgIpc) is 2.84. The number of thioether (sulfide) groups is 1. The van der Waals surface area contributed by atoms with Crippen LogP contribution >= 0.6 is 11.8 Å². The molecule has 0 N–H and O–H groups in total. The predicted octanol–water partition coefficient (Wildman–Crippen LogP) is 5.16. The summed E-state index contributed by atoms with van der Waals surface area (Å²) in [7, 11) is 0. The molecule has 4 heteroatoms. The summed E-state index contributed by atoms with van der Waals surface area (Å²) in [5.41, 5.74) is 1.12. The second-order valence-electron chi connectivity index (χ2n) is 6.39. The first kappa shape index (κ1) is 19.0. The van der Waals surface area contributed by atoms with E-state index in [4.69, 9.17) is 0 Å². The Labute approximate surface area is 150 Å². The van der Waals surface area contributed by atoms with Gasteiger partial charge in [-0.3, -0.25) is 14.5 Å². The third-order valence-corrected chi connectivity index (χ3v) is 5.60. The summed E-state index contributed by atoms with van der Waals surface area (Å²) in [5.74, 6) is 2.31. The molecule has 24 heavy (non-hydrogen) atoms. The first-order valence-electron chi connectivity index (χ1n) is 9.28. The third-order valence-electron chi connectivity index (χ3n) is 4.44. The fourth-order valence-electron chi connectivity index (χ4n) is 3.00. The zero-order valence-corrected chi connectivity index (χ0v) is 15.6. The van der Waals surface area contributed by atoms with Gasteiger partial charge in [0, 0.05) is 6.54 Å². The molecular weight excluding hydrogens is 318 g/mol. The molecule has 2 amide bonds. The molecule has 0 unspecified atom stereocenters. The summed E-state index contributed by atoms with van der Waals surface area (Å²) in [4.78, 5) is 25.9. The Hall–Kier alpha value is -1.29. The number of carbonyl (C=O) groups is 2. The Morgan fingerprint density at radius 2 is 1.33 bits per heavy atom. The number of hydrogen-bond donors (Lipinski definition) is 0. The Balaban J connectivity index is 1.53. The summed E-state index contributed by atoms with van der Waals surface area (Å²) in [6.07, 6.45) is 9.73. The average molecular weight is 348 g/mol. The standard InChI is InChI=1S/C20H29NO2S/c1-2-3-10-15-24-16-11-6-4-5-9-14-21-19(22)17-12-7-8-13-18(17)20(21)23/h7-8,12-13H,2-6,9-11,14-16H2,1H3. The molecule has 3 nitrogen and oxygen atoms in total. The molecule has 0 spiro atoms. The second kappa shape index (κ2) is 10.5. The number of nitrogens with zero attached hydrogens (tertiary/aromatic N) is 1. The highest BCUT2D eigenvalue weighted by Gasteiger charge is 2.34. The van der Waals surface area contributed by atoms with Crippen molar-refractivity contribution >= 4 is 23.6 Å². The molecule has 1 aromatic carbocycles. The summed E-state index contributed by atoms with van der Waals surface area (Å²) in [6, 6.07) is 7.11. The first-order valence-corrected chi connectivity index (χ1v) is 10.4. The minimum absolute atomic E-state index is 0.126. The lowest BCUT2D eigenvalue weighted by molar-refractivity contribution is 0.0651. The number of fused-ring (bicyclic) bond motifs is 1. The summed E-state index contributed by atoms with van der Waals surface area (Å²) < 4.78 is 0. The maximum absolute atomic E-state index is 12.2. The van der Waals surface area contributed by atoms with Gasteiger partial charge >= 0.3 is 0 Å². The molecule has 0 aliphatic carbocycles. The highest BCUT2D eigenvalue weighted by molar-refractivity contribution is 7.99. The van der Waals surface area contributed by atoms with Crippen molar-refractivity contribution < 1.29 is 9.59 Å². The summed E-state index contributed by atoms with van der Waals surface area (Å²) >= 11 is 2.07. The van der Waals surface area contributed by atoms with Crippen LogP contribution in [0.2, 0.25) is 0 Å². The SMILES string of the molecule is CCCCCSCCCCCCCN1C(=O)c2ccccc2C1=O. The van der Waals surface area contributed by atoms with Crippen molar-refractivity contribution in [2.45, 2.75) is 58.3 Å². The number of unbranched alkanes of at least 4 members (excludes halogenated alkanes) is 6. The number of imide groups is 1. The van der Waals surface area contributed by atoms with E-state index in [1.807, 2.05) is 12.1 Å². The van der Waals surface area contributed by atoms with E-state index >= 15 is 0 Å². The predicted molar refractivity (Wildman–Crippen MR) is 102 cm³/mol. The number of amides is 2. The normalized spacial score (nSPS) is 13.6. The van der Waals surface area contributed by atoms with Gasteiger partial charge in [-0.05, 0) is 42.9 Å². The quantitative estimate of drug-likeness (QED) is 0.387. The molecule has 2 rings (SSSR count). The van der Waals surface area contributed by atoms with Gasteiger partial charge in [-0.1, -0.05) is 51.2 Å². The van der Waals surface area contributed by atoms with Gasteiger partial charge in [-0.15, -0.1) is 0 Å². The number of hydrogen-bond acceptors (Lipinski definition) is 3. The van der Waals surface area contributed by atoms with E-state index in [9.17, 15) is 9.59 Å². The van der Waals surface area contributed by atoms with Crippen molar-refractivity contribution in [3.8, 4) is 0 Å². The Morgan fingerprint density at radius 3 is 1.96 bits per heavy atom. The Kier molecular flexibility index (Phi) is 8.37. The second-order valence-corrected chi connectivity index (χ2v) is 7.62. The lowest BCUT2D eigenvalue weighted by Gasteiger charge is -2.13. The Morgan fingerprint density at radius 1 is 0.792 bits per heavy atom. The van der Waals surface area contributed by atoms with Gasteiger partial charge in [0.1, 0.15) is 0 Å². The lowest BCUT2D eigenvalue weighted by atomic mass is 10.1. The lowest BCUT2D eigenvalue weighted by Crippen LogP contribution is -2.30. The van der Waals surface area contributed by atoms with Crippen molar-refractivity contribution in [1.29, 1.82) is 0 Å². The van der Waals surface area contributed by atoms with Crippen LogP contribution in [-0.4, -0.2) is 34.8 Å². The van der Waals surface area contributed by atoms with Crippen LogP contribution in [0.15, 0.2) is 24.3 Å².